The lowest BCUT2D eigenvalue weighted by molar-refractivity contribution is -0.176. The highest BCUT2D eigenvalue weighted by molar-refractivity contribution is 5.80. The lowest BCUT2D eigenvalue weighted by Crippen LogP contribution is -2.69. The molecule has 0 bridgehead atoms. The van der Waals surface area contributed by atoms with Gasteiger partial charge < -0.3 is 20.7 Å². The maximum atomic E-state index is 11.5. The third-order valence-electron chi connectivity index (χ3n) is 5.14. The standard InChI is InChI=1S/C17H34N4O2/c1-8-18-15(20-10-9-19-14(22)12(2)3)21-13-11-17(6,23-7)16(13,4)5/h12-13H,8-11H2,1-7H3,(H,19,22)(H2,18,20,21). The summed E-state index contributed by atoms with van der Waals surface area (Å²) < 4.78 is 5.66. The predicted octanol–water partition coefficient (Wildman–Crippen LogP) is 1.52. The van der Waals surface area contributed by atoms with Gasteiger partial charge in [-0.3, -0.25) is 9.79 Å². The molecule has 0 aliphatic heterocycles. The molecule has 23 heavy (non-hydrogen) atoms. The van der Waals surface area contributed by atoms with Crippen LogP contribution in [0.5, 0.6) is 0 Å². The van der Waals surface area contributed by atoms with E-state index in [1.165, 1.54) is 0 Å². The summed E-state index contributed by atoms with van der Waals surface area (Å²) in [4.78, 5) is 16.1. The molecule has 0 saturated heterocycles. The first-order chi connectivity index (χ1) is 10.7. The number of aliphatic imine (C=N–C) groups is 1. The van der Waals surface area contributed by atoms with Crippen molar-refractivity contribution in [1.82, 2.24) is 16.0 Å². The molecule has 1 aliphatic rings. The Morgan fingerprint density at radius 3 is 2.43 bits per heavy atom. The summed E-state index contributed by atoms with van der Waals surface area (Å²) in [6, 6.07) is 0.315. The first kappa shape index (κ1) is 19.7. The fourth-order valence-corrected chi connectivity index (χ4v) is 2.76. The van der Waals surface area contributed by atoms with Crippen molar-refractivity contribution in [2.75, 3.05) is 26.7 Å². The van der Waals surface area contributed by atoms with E-state index in [0.29, 0.717) is 19.1 Å². The number of ether oxygens (including phenoxy) is 1. The van der Waals surface area contributed by atoms with E-state index in [4.69, 9.17) is 4.74 Å². The van der Waals surface area contributed by atoms with Crippen molar-refractivity contribution in [3.63, 3.8) is 0 Å². The van der Waals surface area contributed by atoms with Gasteiger partial charge in [0.05, 0.1) is 12.1 Å². The van der Waals surface area contributed by atoms with E-state index < -0.39 is 0 Å². The Morgan fingerprint density at radius 1 is 1.30 bits per heavy atom. The summed E-state index contributed by atoms with van der Waals surface area (Å²) in [6.07, 6.45) is 0.949. The average Bonchev–Trinajstić information content (AvgIpc) is 2.50. The minimum atomic E-state index is -0.104. The zero-order chi connectivity index (χ0) is 17.7. The Balaban J connectivity index is 2.53. The average molecular weight is 326 g/mol. The van der Waals surface area contributed by atoms with Crippen molar-refractivity contribution in [2.45, 2.75) is 59.6 Å². The summed E-state index contributed by atoms with van der Waals surface area (Å²) in [5.41, 5.74) is -0.0724. The van der Waals surface area contributed by atoms with Crippen LogP contribution in [0.25, 0.3) is 0 Å². The van der Waals surface area contributed by atoms with Gasteiger partial charge in [-0.2, -0.15) is 0 Å². The van der Waals surface area contributed by atoms with E-state index in [9.17, 15) is 4.79 Å². The van der Waals surface area contributed by atoms with Crippen molar-refractivity contribution in [3.8, 4) is 0 Å². The minimum Gasteiger partial charge on any atom is -0.378 e. The molecule has 1 aliphatic carbocycles. The topological polar surface area (TPSA) is 74.8 Å². The Morgan fingerprint density at radius 2 is 1.96 bits per heavy atom. The number of nitrogens with one attached hydrogen (secondary N) is 3. The summed E-state index contributed by atoms with van der Waals surface area (Å²) >= 11 is 0. The highest BCUT2D eigenvalue weighted by atomic mass is 16.5. The van der Waals surface area contributed by atoms with E-state index in [1.54, 1.807) is 7.11 Å². The van der Waals surface area contributed by atoms with E-state index >= 15 is 0 Å². The molecule has 134 valence electrons. The molecular formula is C17H34N4O2. The van der Waals surface area contributed by atoms with Crippen LogP contribution in [-0.4, -0.2) is 50.3 Å². The molecule has 6 heteroatoms. The fraction of sp³-hybridized carbons (Fsp3) is 0.882. The van der Waals surface area contributed by atoms with Crippen molar-refractivity contribution in [3.05, 3.63) is 0 Å². The second-order valence-electron chi connectivity index (χ2n) is 7.26. The maximum absolute atomic E-state index is 11.5. The number of hydrogen-bond donors (Lipinski definition) is 3. The van der Waals surface area contributed by atoms with Gasteiger partial charge in [-0.25, -0.2) is 0 Å². The highest BCUT2D eigenvalue weighted by Gasteiger charge is 2.58. The lowest BCUT2D eigenvalue weighted by atomic mass is 9.56. The molecule has 0 aromatic rings. The first-order valence-corrected chi connectivity index (χ1v) is 8.55. The molecule has 1 fully saturated rings. The number of rotatable bonds is 7. The summed E-state index contributed by atoms with van der Waals surface area (Å²) in [5.74, 6) is 0.865. The molecule has 0 aromatic heterocycles. The van der Waals surface area contributed by atoms with Crippen LogP contribution in [0.15, 0.2) is 4.99 Å². The van der Waals surface area contributed by atoms with Crippen LogP contribution in [0.2, 0.25) is 0 Å². The zero-order valence-electron chi connectivity index (χ0n) is 15.7. The van der Waals surface area contributed by atoms with Crippen LogP contribution in [0.1, 0.15) is 48.0 Å². The fourth-order valence-electron chi connectivity index (χ4n) is 2.76. The molecule has 1 saturated carbocycles. The van der Waals surface area contributed by atoms with E-state index in [0.717, 1.165) is 18.9 Å². The Labute approximate surface area is 140 Å². The molecule has 1 amide bonds. The predicted molar refractivity (Wildman–Crippen MR) is 94.6 cm³/mol. The van der Waals surface area contributed by atoms with Gasteiger partial charge in [0, 0.05) is 37.6 Å². The lowest BCUT2D eigenvalue weighted by Gasteiger charge is -2.59. The van der Waals surface area contributed by atoms with Crippen molar-refractivity contribution in [2.24, 2.45) is 16.3 Å². The van der Waals surface area contributed by atoms with Gasteiger partial charge in [-0.1, -0.05) is 27.7 Å². The van der Waals surface area contributed by atoms with Gasteiger partial charge in [0.15, 0.2) is 5.96 Å². The molecule has 0 aromatic carbocycles. The van der Waals surface area contributed by atoms with Crippen LogP contribution >= 0.6 is 0 Å². The molecule has 3 N–H and O–H groups in total. The Kier molecular flexibility index (Phi) is 6.86. The van der Waals surface area contributed by atoms with Crippen LogP contribution in [-0.2, 0) is 9.53 Å². The Hall–Kier alpha value is -1.30. The molecule has 1 rings (SSSR count). The van der Waals surface area contributed by atoms with Gasteiger partial charge in [0.25, 0.3) is 0 Å². The highest BCUT2D eigenvalue weighted by Crippen LogP contribution is 2.51. The van der Waals surface area contributed by atoms with Gasteiger partial charge in [0.1, 0.15) is 0 Å². The molecule has 2 unspecified atom stereocenters. The normalized spacial score (nSPS) is 26.6. The third-order valence-corrected chi connectivity index (χ3v) is 5.14. The molecular weight excluding hydrogens is 292 g/mol. The number of guanidine groups is 1. The molecule has 0 heterocycles. The summed E-state index contributed by atoms with van der Waals surface area (Å²) in [5, 5.41) is 9.63. The second-order valence-corrected chi connectivity index (χ2v) is 7.26. The monoisotopic (exact) mass is 326 g/mol. The number of carbonyl (C=O) groups excluding carboxylic acids is 1. The number of nitrogens with zero attached hydrogens (tertiary/aromatic N) is 1. The largest absolute Gasteiger partial charge is 0.378 e. The third kappa shape index (κ3) is 4.59. The number of carbonyl (C=O) groups is 1. The van der Waals surface area contributed by atoms with Gasteiger partial charge in [0.2, 0.25) is 5.91 Å². The van der Waals surface area contributed by atoms with Gasteiger partial charge >= 0.3 is 0 Å². The quantitative estimate of drug-likeness (QED) is 0.377. The Bertz CT molecular complexity index is 434. The molecule has 0 spiro atoms. The summed E-state index contributed by atoms with van der Waals surface area (Å²) in [7, 11) is 1.77. The minimum absolute atomic E-state index is 0.00726. The summed E-state index contributed by atoms with van der Waals surface area (Å²) in [6.45, 7) is 14.3. The molecule has 2 atom stereocenters. The van der Waals surface area contributed by atoms with Crippen molar-refractivity contribution in [1.29, 1.82) is 0 Å². The van der Waals surface area contributed by atoms with Crippen LogP contribution in [0.4, 0.5) is 0 Å². The van der Waals surface area contributed by atoms with Crippen LogP contribution in [0.3, 0.4) is 0 Å². The molecule has 6 nitrogen and oxygen atoms in total. The zero-order valence-corrected chi connectivity index (χ0v) is 15.7. The SMILES string of the molecule is CCNC(=NCCNC(=O)C(C)C)NC1CC(C)(OC)C1(C)C. The second kappa shape index (κ2) is 7.99. The van der Waals surface area contributed by atoms with Crippen LogP contribution in [0, 0.1) is 11.3 Å². The number of amides is 1. The van der Waals surface area contributed by atoms with Gasteiger partial charge in [-0.05, 0) is 20.3 Å². The van der Waals surface area contributed by atoms with E-state index in [1.807, 2.05) is 20.8 Å². The van der Waals surface area contributed by atoms with Crippen molar-refractivity contribution < 1.29 is 9.53 Å². The van der Waals surface area contributed by atoms with Crippen LogP contribution < -0.4 is 16.0 Å². The first-order valence-electron chi connectivity index (χ1n) is 8.55. The van der Waals surface area contributed by atoms with Gasteiger partial charge in [-0.15, -0.1) is 0 Å². The number of methoxy groups -OCH3 is 1. The maximum Gasteiger partial charge on any atom is 0.222 e. The number of hydrogen-bond acceptors (Lipinski definition) is 3. The molecule has 0 radical (unpaired) electrons. The smallest absolute Gasteiger partial charge is 0.222 e. The van der Waals surface area contributed by atoms with E-state index in [2.05, 4.69) is 41.7 Å². The van der Waals surface area contributed by atoms with Crippen molar-refractivity contribution >= 4 is 11.9 Å². The van der Waals surface area contributed by atoms with E-state index in [-0.39, 0.29) is 22.8 Å².